The number of nitrogens with zero attached hydrogens (tertiary/aromatic N) is 4. The van der Waals surface area contributed by atoms with Crippen LogP contribution in [-0.2, 0) is 12.0 Å². The molecule has 1 N–H and O–H groups in total. The van der Waals surface area contributed by atoms with E-state index in [0.29, 0.717) is 35.0 Å². The van der Waals surface area contributed by atoms with Crippen LogP contribution in [-0.4, -0.2) is 32.1 Å². The first-order chi connectivity index (χ1) is 11.8. The molecule has 132 valence electrons. The molecule has 3 rings (SSSR count). The van der Waals surface area contributed by atoms with Gasteiger partial charge in [-0.3, -0.25) is 9.69 Å². The van der Waals surface area contributed by atoms with Crippen LogP contribution in [0.3, 0.4) is 0 Å². The monoisotopic (exact) mass is 341 g/mol. The molecule has 0 aliphatic rings. The first-order valence-corrected chi connectivity index (χ1v) is 8.28. The van der Waals surface area contributed by atoms with Gasteiger partial charge in [-0.25, -0.2) is 4.98 Å². The summed E-state index contributed by atoms with van der Waals surface area (Å²) in [4.78, 5) is 26.1. The highest BCUT2D eigenvalue weighted by molar-refractivity contribution is 5.77. The molecule has 7 heteroatoms. The number of H-pyrrole nitrogens is 1. The molecule has 0 radical (unpaired) electrons. The number of aromatic amines is 1. The molecule has 1 unspecified atom stereocenters. The predicted molar refractivity (Wildman–Crippen MR) is 95.2 cm³/mol. The molecule has 1 atom stereocenters. The lowest BCUT2D eigenvalue weighted by Crippen LogP contribution is -2.25. The predicted octanol–water partition coefficient (Wildman–Crippen LogP) is 2.80. The number of nitrogens with one attached hydrogen (secondary N) is 1. The molecular formula is C18H23N5O2. The summed E-state index contributed by atoms with van der Waals surface area (Å²) in [5, 5.41) is 4.66. The van der Waals surface area contributed by atoms with E-state index in [-0.39, 0.29) is 17.0 Å². The highest BCUT2D eigenvalue weighted by atomic mass is 16.5. The lowest BCUT2D eigenvalue weighted by molar-refractivity contribution is 0.198. The van der Waals surface area contributed by atoms with Crippen molar-refractivity contribution in [2.24, 2.45) is 0 Å². The molecule has 25 heavy (non-hydrogen) atoms. The van der Waals surface area contributed by atoms with Gasteiger partial charge in [-0.2, -0.15) is 4.98 Å². The van der Waals surface area contributed by atoms with E-state index in [4.69, 9.17) is 4.52 Å². The van der Waals surface area contributed by atoms with Gasteiger partial charge in [0.25, 0.3) is 5.56 Å². The Hall–Kier alpha value is -2.54. The van der Waals surface area contributed by atoms with E-state index in [1.165, 1.54) is 0 Å². The molecule has 0 saturated carbocycles. The summed E-state index contributed by atoms with van der Waals surface area (Å²) < 4.78 is 5.41. The van der Waals surface area contributed by atoms with E-state index >= 15 is 0 Å². The van der Waals surface area contributed by atoms with Crippen LogP contribution in [0.25, 0.3) is 10.9 Å². The number of benzene rings is 1. The molecule has 3 aromatic rings. The Morgan fingerprint density at radius 1 is 1.24 bits per heavy atom. The maximum atomic E-state index is 12.2. The quantitative estimate of drug-likeness (QED) is 0.785. The molecule has 1 aromatic carbocycles. The topological polar surface area (TPSA) is 87.9 Å². The van der Waals surface area contributed by atoms with Crippen LogP contribution in [0.2, 0.25) is 0 Å². The SMILES string of the molecule is CC(c1nc(C(C)(C)C)no1)N(C)Cc1nc2ccccc2c(=O)[nH]1. The minimum absolute atomic E-state index is 0.0969. The van der Waals surface area contributed by atoms with Crippen LogP contribution >= 0.6 is 0 Å². The van der Waals surface area contributed by atoms with Crippen LogP contribution in [0.4, 0.5) is 0 Å². The Labute approximate surface area is 146 Å². The largest absolute Gasteiger partial charge is 0.338 e. The summed E-state index contributed by atoms with van der Waals surface area (Å²) in [5.74, 6) is 1.84. The molecule has 0 aliphatic carbocycles. The van der Waals surface area contributed by atoms with Crippen molar-refractivity contribution in [3.63, 3.8) is 0 Å². The lowest BCUT2D eigenvalue weighted by atomic mass is 9.96. The fourth-order valence-corrected chi connectivity index (χ4v) is 2.48. The molecule has 0 fully saturated rings. The molecular weight excluding hydrogens is 318 g/mol. The van der Waals surface area contributed by atoms with Crippen molar-refractivity contribution in [1.29, 1.82) is 0 Å². The van der Waals surface area contributed by atoms with Gasteiger partial charge in [-0.15, -0.1) is 0 Å². The summed E-state index contributed by atoms with van der Waals surface area (Å²) in [6, 6.07) is 7.21. The number of hydrogen-bond donors (Lipinski definition) is 1. The third-order valence-corrected chi connectivity index (χ3v) is 4.19. The molecule has 2 heterocycles. The number of fused-ring (bicyclic) bond motifs is 1. The van der Waals surface area contributed by atoms with Gasteiger partial charge >= 0.3 is 0 Å². The molecule has 7 nitrogen and oxygen atoms in total. The molecule has 0 aliphatic heterocycles. The summed E-state index contributed by atoms with van der Waals surface area (Å²) >= 11 is 0. The molecule has 2 aromatic heterocycles. The maximum Gasteiger partial charge on any atom is 0.258 e. The Morgan fingerprint density at radius 3 is 2.64 bits per heavy atom. The first-order valence-electron chi connectivity index (χ1n) is 8.28. The summed E-state index contributed by atoms with van der Waals surface area (Å²) in [7, 11) is 1.93. The van der Waals surface area contributed by atoms with Gasteiger partial charge < -0.3 is 9.51 Å². The fourth-order valence-electron chi connectivity index (χ4n) is 2.48. The third kappa shape index (κ3) is 3.61. The Morgan fingerprint density at radius 2 is 1.96 bits per heavy atom. The van der Waals surface area contributed by atoms with Gasteiger partial charge in [0, 0.05) is 5.41 Å². The Kier molecular flexibility index (Phi) is 4.43. The highest BCUT2D eigenvalue weighted by Crippen LogP contribution is 2.23. The van der Waals surface area contributed by atoms with Crippen molar-refractivity contribution >= 4 is 10.9 Å². The lowest BCUT2D eigenvalue weighted by Gasteiger charge is -2.21. The number of hydrogen-bond acceptors (Lipinski definition) is 6. The van der Waals surface area contributed by atoms with E-state index in [2.05, 4.69) is 20.1 Å². The van der Waals surface area contributed by atoms with Crippen LogP contribution < -0.4 is 5.56 Å². The van der Waals surface area contributed by atoms with E-state index in [1.54, 1.807) is 6.07 Å². The summed E-state index contributed by atoms with van der Waals surface area (Å²) in [5.41, 5.74) is 0.398. The van der Waals surface area contributed by atoms with Gasteiger partial charge in [-0.1, -0.05) is 38.1 Å². The minimum Gasteiger partial charge on any atom is -0.338 e. The van der Waals surface area contributed by atoms with Gasteiger partial charge in [-0.05, 0) is 26.1 Å². The molecule has 0 saturated heterocycles. The molecule has 0 amide bonds. The Balaban J connectivity index is 1.81. The second-order valence-corrected chi connectivity index (χ2v) is 7.33. The summed E-state index contributed by atoms with van der Waals surface area (Å²) in [6.07, 6.45) is 0. The maximum absolute atomic E-state index is 12.2. The smallest absolute Gasteiger partial charge is 0.258 e. The second kappa shape index (κ2) is 6.40. The van der Waals surface area contributed by atoms with Crippen LogP contribution in [0.15, 0.2) is 33.6 Å². The van der Waals surface area contributed by atoms with Gasteiger partial charge in [0.1, 0.15) is 5.82 Å². The van der Waals surface area contributed by atoms with E-state index in [0.717, 1.165) is 0 Å². The molecule has 0 bridgehead atoms. The number of aromatic nitrogens is 4. The van der Waals surface area contributed by atoms with Gasteiger partial charge in [0.2, 0.25) is 5.89 Å². The van der Waals surface area contributed by atoms with E-state index in [1.807, 2.05) is 57.8 Å². The third-order valence-electron chi connectivity index (χ3n) is 4.19. The minimum atomic E-state index is -0.162. The zero-order valence-corrected chi connectivity index (χ0v) is 15.2. The highest BCUT2D eigenvalue weighted by Gasteiger charge is 2.25. The molecule has 0 spiro atoms. The number of rotatable bonds is 4. The number of para-hydroxylation sites is 1. The van der Waals surface area contributed by atoms with Crippen LogP contribution in [0, 0.1) is 0 Å². The standard InChI is InChI=1S/C18H23N5O2/c1-11(16-21-17(22-25-16)18(2,3)4)23(5)10-14-19-13-9-7-6-8-12(13)15(24)20-14/h6-9,11H,10H2,1-5H3,(H,19,20,24). The normalized spacial score (nSPS) is 13.5. The van der Waals surface area contributed by atoms with E-state index < -0.39 is 0 Å². The van der Waals surface area contributed by atoms with Gasteiger partial charge in [0.15, 0.2) is 5.82 Å². The zero-order chi connectivity index (χ0) is 18.2. The first kappa shape index (κ1) is 17.3. The van der Waals surface area contributed by atoms with Crippen molar-refractivity contribution in [2.45, 2.75) is 45.7 Å². The van der Waals surface area contributed by atoms with Crippen molar-refractivity contribution in [2.75, 3.05) is 7.05 Å². The van der Waals surface area contributed by atoms with E-state index in [9.17, 15) is 4.79 Å². The van der Waals surface area contributed by atoms with Crippen LogP contribution in [0.1, 0.15) is 51.3 Å². The fraction of sp³-hybridized carbons (Fsp3) is 0.444. The van der Waals surface area contributed by atoms with Crippen molar-refractivity contribution in [1.82, 2.24) is 25.0 Å². The van der Waals surface area contributed by atoms with Crippen molar-refractivity contribution in [3.8, 4) is 0 Å². The second-order valence-electron chi connectivity index (χ2n) is 7.33. The van der Waals surface area contributed by atoms with Crippen molar-refractivity contribution < 1.29 is 4.52 Å². The zero-order valence-electron chi connectivity index (χ0n) is 15.2. The van der Waals surface area contributed by atoms with Crippen molar-refractivity contribution in [3.05, 3.63) is 52.2 Å². The average Bonchev–Trinajstić information content (AvgIpc) is 3.04. The van der Waals surface area contributed by atoms with Crippen LogP contribution in [0.5, 0.6) is 0 Å². The van der Waals surface area contributed by atoms with Gasteiger partial charge in [0.05, 0.1) is 23.5 Å². The summed E-state index contributed by atoms with van der Waals surface area (Å²) in [6.45, 7) is 8.58. The average molecular weight is 341 g/mol. The Bertz CT molecular complexity index is 938.